The van der Waals surface area contributed by atoms with Gasteiger partial charge >= 0.3 is 5.97 Å². The molecule has 0 amide bonds. The normalized spacial score (nSPS) is 11.4. The molecule has 2 nitrogen and oxygen atoms in total. The van der Waals surface area contributed by atoms with Gasteiger partial charge < -0.3 is 5.11 Å². The van der Waals surface area contributed by atoms with E-state index in [0.29, 0.717) is 5.56 Å². The van der Waals surface area contributed by atoms with Crippen LogP contribution in [0.1, 0.15) is 5.56 Å². The average molecular weight is 245 g/mol. The van der Waals surface area contributed by atoms with Gasteiger partial charge in [0.2, 0.25) is 5.83 Å². The zero-order valence-corrected chi connectivity index (χ0v) is 8.08. The third-order valence-electron chi connectivity index (χ3n) is 1.35. The first-order valence-electron chi connectivity index (χ1n) is 3.45. The van der Waals surface area contributed by atoms with Gasteiger partial charge in [-0.15, -0.1) is 0 Å². The molecule has 68 valence electrons. The van der Waals surface area contributed by atoms with Gasteiger partial charge in [0.15, 0.2) is 0 Å². The molecule has 4 heteroatoms. The van der Waals surface area contributed by atoms with Crippen molar-refractivity contribution in [1.29, 1.82) is 0 Å². The fraction of sp³-hybridized carbons (Fsp3) is 0. The summed E-state index contributed by atoms with van der Waals surface area (Å²) in [7, 11) is 0. The summed E-state index contributed by atoms with van der Waals surface area (Å²) in [5.41, 5.74) is 0.509. The first-order chi connectivity index (χ1) is 6.09. The number of carboxylic acids is 1. The van der Waals surface area contributed by atoms with E-state index in [1.165, 1.54) is 0 Å². The lowest BCUT2D eigenvalue weighted by atomic mass is 10.2. The zero-order valence-electron chi connectivity index (χ0n) is 6.50. The van der Waals surface area contributed by atoms with Gasteiger partial charge in [-0.05, 0) is 23.8 Å². The van der Waals surface area contributed by atoms with Gasteiger partial charge in [0.1, 0.15) is 0 Å². The van der Waals surface area contributed by atoms with Crippen molar-refractivity contribution in [2.24, 2.45) is 0 Å². The van der Waals surface area contributed by atoms with Crippen molar-refractivity contribution in [1.82, 2.24) is 0 Å². The Balaban J connectivity index is 2.97. The highest BCUT2D eigenvalue weighted by Crippen LogP contribution is 2.14. The largest absolute Gasteiger partial charge is 0.476 e. The third-order valence-corrected chi connectivity index (χ3v) is 1.84. The smallest absolute Gasteiger partial charge is 0.364 e. The molecule has 1 aromatic rings. The molecule has 0 radical (unpaired) electrons. The Morgan fingerprint density at radius 2 is 2.23 bits per heavy atom. The van der Waals surface area contributed by atoms with Crippen LogP contribution in [0.15, 0.2) is 34.6 Å². The van der Waals surface area contributed by atoms with Crippen LogP contribution < -0.4 is 0 Å². The molecule has 0 spiro atoms. The minimum absolute atomic E-state index is 0.509. The molecule has 0 bridgehead atoms. The molecular formula is C9H6BrFO2. The van der Waals surface area contributed by atoms with Gasteiger partial charge in [0.25, 0.3) is 0 Å². The van der Waals surface area contributed by atoms with Crippen molar-refractivity contribution < 1.29 is 14.3 Å². The number of carboxylic acid groups (broad SMARTS) is 1. The minimum Gasteiger partial charge on any atom is -0.476 e. The number of benzene rings is 1. The van der Waals surface area contributed by atoms with E-state index in [9.17, 15) is 9.18 Å². The second-order valence-corrected chi connectivity index (χ2v) is 3.27. The lowest BCUT2D eigenvalue weighted by Crippen LogP contribution is -1.93. The quantitative estimate of drug-likeness (QED) is 0.813. The predicted octanol–water partition coefficient (Wildman–Crippen LogP) is 2.84. The van der Waals surface area contributed by atoms with Gasteiger partial charge in [-0.3, -0.25) is 0 Å². The van der Waals surface area contributed by atoms with E-state index in [-0.39, 0.29) is 0 Å². The van der Waals surface area contributed by atoms with Crippen LogP contribution in [0.3, 0.4) is 0 Å². The van der Waals surface area contributed by atoms with Gasteiger partial charge in [-0.2, -0.15) is 4.39 Å². The van der Waals surface area contributed by atoms with Gasteiger partial charge in [-0.1, -0.05) is 28.1 Å². The highest BCUT2D eigenvalue weighted by Gasteiger charge is 2.04. The lowest BCUT2D eigenvalue weighted by molar-refractivity contribution is -0.134. The van der Waals surface area contributed by atoms with Gasteiger partial charge in [0.05, 0.1) is 0 Å². The van der Waals surface area contributed by atoms with Crippen molar-refractivity contribution in [3.63, 3.8) is 0 Å². The number of carbonyl (C=O) groups is 1. The molecule has 0 unspecified atom stereocenters. The van der Waals surface area contributed by atoms with Gasteiger partial charge in [0, 0.05) is 4.47 Å². The third kappa shape index (κ3) is 2.99. The van der Waals surface area contributed by atoms with E-state index >= 15 is 0 Å². The molecule has 1 N–H and O–H groups in total. The summed E-state index contributed by atoms with van der Waals surface area (Å²) in [5.74, 6) is -2.72. The van der Waals surface area contributed by atoms with Crippen molar-refractivity contribution in [3.05, 3.63) is 40.1 Å². The van der Waals surface area contributed by atoms with Crippen LogP contribution in [0, 0.1) is 0 Å². The second kappa shape index (κ2) is 4.18. The summed E-state index contributed by atoms with van der Waals surface area (Å²) in [5, 5.41) is 8.26. The Bertz CT molecular complexity index is 360. The maximum Gasteiger partial charge on any atom is 0.364 e. The van der Waals surface area contributed by atoms with Crippen LogP contribution >= 0.6 is 15.9 Å². The summed E-state index contributed by atoms with van der Waals surface area (Å²) in [4.78, 5) is 10.1. The molecule has 13 heavy (non-hydrogen) atoms. The van der Waals surface area contributed by atoms with Crippen molar-refractivity contribution >= 4 is 28.0 Å². The number of aliphatic carboxylic acids is 1. The molecule has 0 aromatic heterocycles. The zero-order chi connectivity index (χ0) is 9.84. The molecule has 0 aliphatic rings. The van der Waals surface area contributed by atoms with E-state index in [2.05, 4.69) is 15.9 Å². The van der Waals surface area contributed by atoms with Crippen LogP contribution in [0.2, 0.25) is 0 Å². The number of rotatable bonds is 2. The lowest BCUT2D eigenvalue weighted by Gasteiger charge is -1.94. The van der Waals surface area contributed by atoms with Crippen molar-refractivity contribution in [2.45, 2.75) is 0 Å². The fourth-order valence-corrected chi connectivity index (χ4v) is 1.22. The van der Waals surface area contributed by atoms with Gasteiger partial charge in [-0.25, -0.2) is 4.79 Å². The summed E-state index contributed by atoms with van der Waals surface area (Å²) in [6.07, 6.45) is 0.965. The maximum atomic E-state index is 12.6. The summed E-state index contributed by atoms with van der Waals surface area (Å²) < 4.78 is 13.4. The van der Waals surface area contributed by atoms with Crippen LogP contribution in [0.4, 0.5) is 4.39 Å². The molecule has 0 heterocycles. The second-order valence-electron chi connectivity index (χ2n) is 2.35. The highest BCUT2D eigenvalue weighted by molar-refractivity contribution is 9.10. The summed E-state index contributed by atoms with van der Waals surface area (Å²) >= 11 is 3.19. The van der Waals surface area contributed by atoms with Crippen LogP contribution in [-0.2, 0) is 4.79 Å². The van der Waals surface area contributed by atoms with E-state index < -0.39 is 11.8 Å². The monoisotopic (exact) mass is 244 g/mol. The maximum absolute atomic E-state index is 12.6. The minimum atomic E-state index is -1.56. The average Bonchev–Trinajstić information content (AvgIpc) is 2.04. The Morgan fingerprint density at radius 1 is 1.54 bits per heavy atom. The molecule has 0 aliphatic carbocycles. The fourth-order valence-electron chi connectivity index (χ4n) is 0.804. The molecule has 1 rings (SSSR count). The highest BCUT2D eigenvalue weighted by atomic mass is 79.9. The van der Waals surface area contributed by atoms with E-state index in [4.69, 9.17) is 5.11 Å². The number of hydrogen-bond donors (Lipinski definition) is 1. The van der Waals surface area contributed by atoms with E-state index in [1.54, 1.807) is 24.3 Å². The molecule has 0 fully saturated rings. The molecule has 0 aliphatic heterocycles. The van der Waals surface area contributed by atoms with E-state index in [0.717, 1.165) is 10.5 Å². The predicted molar refractivity (Wildman–Crippen MR) is 50.9 cm³/mol. The topological polar surface area (TPSA) is 37.3 Å². The molecule has 0 saturated heterocycles. The van der Waals surface area contributed by atoms with Crippen molar-refractivity contribution in [2.75, 3.05) is 0 Å². The SMILES string of the molecule is O=C(O)C(F)=Cc1cccc(Br)c1. The molecule has 1 aromatic carbocycles. The van der Waals surface area contributed by atoms with Crippen molar-refractivity contribution in [3.8, 4) is 0 Å². The van der Waals surface area contributed by atoms with Crippen LogP contribution in [-0.4, -0.2) is 11.1 Å². The Morgan fingerprint density at radius 3 is 2.77 bits per heavy atom. The summed E-state index contributed by atoms with van der Waals surface area (Å²) in [6, 6.07) is 6.72. The first-order valence-corrected chi connectivity index (χ1v) is 4.25. The molecular weight excluding hydrogens is 239 g/mol. The first kappa shape index (κ1) is 9.92. The van der Waals surface area contributed by atoms with Crippen LogP contribution in [0.25, 0.3) is 6.08 Å². The standard InChI is InChI=1S/C9H6BrFO2/c10-7-3-1-2-6(4-7)5-8(11)9(12)13/h1-5H,(H,12,13). The van der Waals surface area contributed by atoms with Crippen LogP contribution in [0.5, 0.6) is 0 Å². The Kier molecular flexibility index (Phi) is 3.19. The molecule has 0 saturated carbocycles. The summed E-state index contributed by atoms with van der Waals surface area (Å²) in [6.45, 7) is 0. The Labute approximate surface area is 82.8 Å². The van der Waals surface area contributed by atoms with E-state index in [1.807, 2.05) is 0 Å². The number of hydrogen-bond acceptors (Lipinski definition) is 1. The Hall–Kier alpha value is -1.16. The number of halogens is 2. The molecule has 0 atom stereocenters.